The smallest absolute Gasteiger partial charge is 0.197 e. The molecule has 4 aliphatic rings. The van der Waals surface area contributed by atoms with Crippen LogP contribution >= 0.6 is 11.3 Å². The zero-order valence-electron chi connectivity index (χ0n) is 24.1. The lowest BCUT2D eigenvalue weighted by Crippen LogP contribution is -2.39. The summed E-state index contributed by atoms with van der Waals surface area (Å²) in [7, 11) is 0. The summed E-state index contributed by atoms with van der Waals surface area (Å²) in [5.41, 5.74) is 6.89. The van der Waals surface area contributed by atoms with Gasteiger partial charge in [0.2, 0.25) is 0 Å². The van der Waals surface area contributed by atoms with Gasteiger partial charge in [-0.3, -0.25) is 14.6 Å². The van der Waals surface area contributed by atoms with Crippen LogP contribution in [0.2, 0.25) is 0 Å². The topological polar surface area (TPSA) is 49.7 Å². The van der Waals surface area contributed by atoms with Crippen molar-refractivity contribution in [2.24, 2.45) is 4.99 Å². The number of rotatable bonds is 4. The number of ketones is 2. The Morgan fingerprint density at radius 3 is 2.28 bits per heavy atom. The first kappa shape index (κ1) is 26.1. The van der Waals surface area contributed by atoms with Crippen LogP contribution in [0.3, 0.4) is 0 Å². The Labute approximate surface area is 255 Å². The zero-order chi connectivity index (χ0) is 29.3. The molecular weight excluding hydrogens is 548 g/mol. The summed E-state index contributed by atoms with van der Waals surface area (Å²) in [5, 5.41) is 1.94. The highest BCUT2D eigenvalue weighted by Gasteiger charge is 2.44. The van der Waals surface area contributed by atoms with Gasteiger partial charge in [0.15, 0.2) is 11.6 Å². The standard InChI is InChI=1S/C38H30N2O2S/c1-38(2)32-19-27(40(25-13-5-3-6-14-25)26-15-7-4-8-16-26)22-39-34(32)37-33(38)21-28(43-37)20-31-35(41)29-17-23-11-9-10-12-24(23)18-30(29)36(31)42/h3,5-7,9-21,27H,4,8,22H2,1-2H3. The Hall–Kier alpha value is -4.61. The van der Waals surface area contributed by atoms with Gasteiger partial charge < -0.3 is 4.90 Å². The van der Waals surface area contributed by atoms with Crippen molar-refractivity contribution in [3.8, 4) is 0 Å². The molecule has 0 bridgehead atoms. The predicted octanol–water partition coefficient (Wildman–Crippen LogP) is 8.49. The molecule has 0 fully saturated rings. The van der Waals surface area contributed by atoms with E-state index in [1.165, 1.54) is 22.5 Å². The fraction of sp³-hybridized carbons (Fsp3) is 0.184. The van der Waals surface area contributed by atoms with E-state index in [1.807, 2.05) is 36.4 Å². The molecule has 5 heteroatoms. The Kier molecular flexibility index (Phi) is 5.89. The molecule has 0 spiro atoms. The summed E-state index contributed by atoms with van der Waals surface area (Å²) < 4.78 is 0. The van der Waals surface area contributed by atoms with E-state index < -0.39 is 0 Å². The number of hydrogen-bond donors (Lipinski definition) is 0. The Balaban J connectivity index is 1.14. The van der Waals surface area contributed by atoms with E-state index in [1.54, 1.807) is 17.4 Å². The summed E-state index contributed by atoms with van der Waals surface area (Å²) >= 11 is 1.63. The van der Waals surface area contributed by atoms with Gasteiger partial charge in [0.1, 0.15) is 0 Å². The average molecular weight is 579 g/mol. The number of dihydropyridines is 1. The first-order valence-electron chi connectivity index (χ1n) is 14.9. The molecule has 3 aliphatic carbocycles. The van der Waals surface area contributed by atoms with Crippen molar-refractivity contribution in [1.82, 2.24) is 0 Å². The Morgan fingerprint density at radius 2 is 1.60 bits per heavy atom. The molecule has 4 aromatic rings. The molecule has 0 saturated heterocycles. The number of fused-ring (bicyclic) bond motifs is 5. The van der Waals surface area contributed by atoms with Gasteiger partial charge in [-0.05, 0) is 77.2 Å². The van der Waals surface area contributed by atoms with E-state index >= 15 is 0 Å². The zero-order valence-corrected chi connectivity index (χ0v) is 24.9. The number of nitrogens with zero attached hydrogens (tertiary/aromatic N) is 2. The van der Waals surface area contributed by atoms with Gasteiger partial charge in [0, 0.05) is 32.8 Å². The predicted molar refractivity (Wildman–Crippen MR) is 177 cm³/mol. The molecule has 1 unspecified atom stereocenters. The molecule has 0 amide bonds. The lowest BCUT2D eigenvalue weighted by Gasteiger charge is -2.36. The minimum Gasteiger partial charge on any atom is -0.333 e. The van der Waals surface area contributed by atoms with E-state index in [-0.39, 0.29) is 28.6 Å². The third-order valence-corrected chi connectivity index (χ3v) is 10.2. The number of thiophene rings is 1. The Morgan fingerprint density at radius 1 is 0.907 bits per heavy atom. The summed E-state index contributed by atoms with van der Waals surface area (Å²) in [6, 6.07) is 24.4. The van der Waals surface area contributed by atoms with Crippen molar-refractivity contribution < 1.29 is 9.59 Å². The first-order chi connectivity index (χ1) is 20.9. The van der Waals surface area contributed by atoms with Crippen LogP contribution in [-0.4, -0.2) is 29.9 Å². The first-order valence-corrected chi connectivity index (χ1v) is 15.7. The highest BCUT2D eigenvalue weighted by molar-refractivity contribution is 7.15. The van der Waals surface area contributed by atoms with Crippen LogP contribution < -0.4 is 4.90 Å². The molecular formula is C38H30N2O2S. The maximum absolute atomic E-state index is 13.4. The number of aliphatic imine (C=N–C) groups is 1. The molecule has 0 N–H and O–H groups in total. The molecule has 43 heavy (non-hydrogen) atoms. The van der Waals surface area contributed by atoms with Crippen molar-refractivity contribution in [3.63, 3.8) is 0 Å². The van der Waals surface area contributed by atoms with Crippen LogP contribution in [0.5, 0.6) is 0 Å². The van der Waals surface area contributed by atoms with Crippen molar-refractivity contribution in [3.05, 3.63) is 140 Å². The van der Waals surface area contributed by atoms with E-state index in [2.05, 4.69) is 79.4 Å². The third-order valence-electron chi connectivity index (χ3n) is 9.13. The second-order valence-electron chi connectivity index (χ2n) is 12.1. The minimum absolute atomic E-state index is 0.104. The molecule has 4 nitrogen and oxygen atoms in total. The molecule has 1 aliphatic heterocycles. The van der Waals surface area contributed by atoms with E-state index in [0.29, 0.717) is 17.7 Å². The van der Waals surface area contributed by atoms with Gasteiger partial charge in [-0.2, -0.15) is 0 Å². The van der Waals surface area contributed by atoms with Crippen LogP contribution in [0.25, 0.3) is 16.8 Å². The number of carbonyl (C=O) groups is 2. The maximum Gasteiger partial charge on any atom is 0.197 e. The monoisotopic (exact) mass is 578 g/mol. The van der Waals surface area contributed by atoms with Crippen LogP contribution in [0.15, 0.2) is 119 Å². The minimum atomic E-state index is -0.246. The normalized spacial score (nSPS) is 19.9. The second kappa shape index (κ2) is 9.72. The summed E-state index contributed by atoms with van der Waals surface area (Å²) in [4.78, 5) is 36.5. The lowest BCUT2D eigenvalue weighted by molar-refractivity contribution is 0.0990. The quantitative estimate of drug-likeness (QED) is 0.180. The second-order valence-corrected chi connectivity index (χ2v) is 13.2. The van der Waals surface area contributed by atoms with Crippen LogP contribution in [0.4, 0.5) is 5.69 Å². The molecule has 0 saturated carbocycles. The molecule has 1 aromatic heterocycles. The van der Waals surface area contributed by atoms with Gasteiger partial charge in [-0.25, -0.2) is 0 Å². The van der Waals surface area contributed by atoms with Crippen molar-refractivity contribution in [2.75, 3.05) is 11.4 Å². The van der Waals surface area contributed by atoms with Gasteiger partial charge in [-0.15, -0.1) is 11.3 Å². The number of benzene rings is 3. The van der Waals surface area contributed by atoms with E-state index in [0.717, 1.165) is 39.1 Å². The van der Waals surface area contributed by atoms with Crippen molar-refractivity contribution >= 4 is 51.2 Å². The molecule has 210 valence electrons. The SMILES string of the molecule is CC1(C)C2=CC(N(C3=CCCC=C3)c3ccccc3)CN=C2c2sc(C=C3C(=O)c4cc5ccccc5cc4C3=O)cc21. The lowest BCUT2D eigenvalue weighted by atomic mass is 9.81. The van der Waals surface area contributed by atoms with Crippen molar-refractivity contribution in [1.29, 1.82) is 0 Å². The average Bonchev–Trinajstić information content (AvgIpc) is 3.63. The molecule has 8 rings (SSSR count). The molecule has 2 heterocycles. The maximum atomic E-state index is 13.4. The highest BCUT2D eigenvalue weighted by atomic mass is 32.1. The number of allylic oxidation sites excluding steroid dienone is 5. The molecule has 3 aromatic carbocycles. The number of hydrogen-bond acceptors (Lipinski definition) is 5. The molecule has 1 atom stereocenters. The van der Waals surface area contributed by atoms with Gasteiger partial charge in [-0.1, -0.05) is 74.5 Å². The highest BCUT2D eigenvalue weighted by Crippen LogP contribution is 2.49. The summed E-state index contributed by atoms with van der Waals surface area (Å²) in [6.07, 6.45) is 13.1. The third kappa shape index (κ3) is 4.06. The van der Waals surface area contributed by atoms with Gasteiger partial charge >= 0.3 is 0 Å². The van der Waals surface area contributed by atoms with Gasteiger partial charge in [0.05, 0.1) is 28.7 Å². The number of para-hydroxylation sites is 1. The van der Waals surface area contributed by atoms with Crippen molar-refractivity contribution in [2.45, 2.75) is 38.1 Å². The number of Topliss-reactive ketones (excluding diaryl/α,β-unsaturated/α-hetero) is 2. The van der Waals surface area contributed by atoms with Crippen LogP contribution in [0.1, 0.15) is 62.7 Å². The molecule has 0 radical (unpaired) electrons. The van der Waals surface area contributed by atoms with Crippen LogP contribution in [-0.2, 0) is 5.41 Å². The Bertz CT molecular complexity index is 1960. The summed E-state index contributed by atoms with van der Waals surface area (Å²) in [6.45, 7) is 5.17. The van der Waals surface area contributed by atoms with E-state index in [9.17, 15) is 9.59 Å². The van der Waals surface area contributed by atoms with Gasteiger partial charge in [0.25, 0.3) is 0 Å². The number of anilines is 1. The van der Waals surface area contributed by atoms with Crippen LogP contribution in [0, 0.1) is 0 Å². The fourth-order valence-electron chi connectivity index (χ4n) is 6.90. The van der Waals surface area contributed by atoms with E-state index in [4.69, 9.17) is 4.99 Å². The number of carbonyl (C=O) groups excluding carboxylic acids is 2. The summed E-state index contributed by atoms with van der Waals surface area (Å²) in [5.74, 6) is -0.381. The fourth-order valence-corrected chi connectivity index (χ4v) is 8.18. The largest absolute Gasteiger partial charge is 0.333 e.